The van der Waals surface area contributed by atoms with E-state index >= 15 is 0 Å². The predicted molar refractivity (Wildman–Crippen MR) is 114 cm³/mol. The van der Waals surface area contributed by atoms with Gasteiger partial charge in [-0.2, -0.15) is 4.31 Å². The first-order valence-corrected chi connectivity index (χ1v) is 11.0. The summed E-state index contributed by atoms with van der Waals surface area (Å²) in [5, 5.41) is 4.66. The number of nitrogens with zero attached hydrogens (tertiary/aromatic N) is 1. The molecule has 7 nitrogen and oxygen atoms in total. The zero-order valence-electron chi connectivity index (χ0n) is 16.5. The monoisotopic (exact) mass is 426 g/mol. The number of rotatable bonds is 5. The van der Waals surface area contributed by atoms with Crippen molar-refractivity contribution in [3.63, 3.8) is 0 Å². The number of hydrogen-bond acceptors (Lipinski definition) is 5. The molecule has 1 fully saturated rings. The lowest BCUT2D eigenvalue weighted by molar-refractivity contribution is 0.0730. The molecule has 1 aliphatic heterocycles. The minimum Gasteiger partial charge on any atom is -0.496 e. The largest absolute Gasteiger partial charge is 0.496 e. The van der Waals surface area contributed by atoms with Crippen LogP contribution in [0.15, 0.2) is 65.6 Å². The summed E-state index contributed by atoms with van der Waals surface area (Å²) in [7, 11) is -2.14. The van der Waals surface area contributed by atoms with E-state index in [4.69, 9.17) is 9.47 Å². The molecule has 0 aromatic heterocycles. The van der Waals surface area contributed by atoms with Crippen molar-refractivity contribution in [1.82, 2.24) is 4.31 Å². The molecule has 8 heteroatoms. The summed E-state index contributed by atoms with van der Waals surface area (Å²) in [5.41, 5.74) is 0.766. The van der Waals surface area contributed by atoms with Crippen LogP contribution in [-0.2, 0) is 14.8 Å². The quantitative estimate of drug-likeness (QED) is 0.678. The summed E-state index contributed by atoms with van der Waals surface area (Å²) < 4.78 is 37.8. The molecule has 1 N–H and O–H groups in total. The van der Waals surface area contributed by atoms with Crippen LogP contribution >= 0.6 is 0 Å². The second kappa shape index (κ2) is 8.43. The smallest absolute Gasteiger partial charge is 0.259 e. The van der Waals surface area contributed by atoms with Crippen LogP contribution in [0.1, 0.15) is 10.4 Å². The van der Waals surface area contributed by atoms with Crippen molar-refractivity contribution in [2.45, 2.75) is 4.90 Å². The molecule has 0 aliphatic carbocycles. The van der Waals surface area contributed by atoms with E-state index in [0.717, 1.165) is 10.8 Å². The molecule has 4 rings (SSSR count). The van der Waals surface area contributed by atoms with Crippen LogP contribution in [0, 0.1) is 0 Å². The molecule has 3 aromatic carbocycles. The average molecular weight is 426 g/mol. The summed E-state index contributed by atoms with van der Waals surface area (Å²) >= 11 is 0. The first-order chi connectivity index (χ1) is 14.5. The van der Waals surface area contributed by atoms with E-state index in [2.05, 4.69) is 5.32 Å². The Morgan fingerprint density at radius 1 is 1.00 bits per heavy atom. The fraction of sp³-hybridized carbons (Fsp3) is 0.227. The van der Waals surface area contributed by atoms with E-state index in [9.17, 15) is 13.2 Å². The number of fused-ring (bicyclic) bond motifs is 1. The van der Waals surface area contributed by atoms with E-state index in [0.29, 0.717) is 43.3 Å². The molecule has 1 aliphatic rings. The van der Waals surface area contributed by atoms with Gasteiger partial charge in [-0.1, -0.05) is 30.3 Å². The number of benzene rings is 3. The molecule has 0 radical (unpaired) electrons. The maximum Gasteiger partial charge on any atom is 0.259 e. The van der Waals surface area contributed by atoms with E-state index in [1.807, 2.05) is 30.3 Å². The first kappa shape index (κ1) is 20.3. The Balaban J connectivity index is 1.61. The third-order valence-electron chi connectivity index (χ3n) is 5.01. The number of sulfonamides is 1. The van der Waals surface area contributed by atoms with E-state index in [1.165, 1.54) is 23.5 Å². The number of nitrogens with one attached hydrogen (secondary N) is 1. The molecule has 3 aromatic rings. The van der Waals surface area contributed by atoms with Crippen molar-refractivity contribution in [2.75, 3.05) is 38.7 Å². The summed E-state index contributed by atoms with van der Waals surface area (Å²) in [6.07, 6.45) is 0. The van der Waals surface area contributed by atoms with Crippen LogP contribution in [0.2, 0.25) is 0 Å². The normalized spacial score (nSPS) is 15.1. The van der Waals surface area contributed by atoms with Crippen LogP contribution in [0.4, 0.5) is 5.69 Å². The van der Waals surface area contributed by atoms with Gasteiger partial charge in [0.15, 0.2) is 0 Å². The predicted octanol–water partition coefficient (Wildman–Crippen LogP) is 3.12. The fourth-order valence-corrected chi connectivity index (χ4v) is 4.89. The Hall–Kier alpha value is -2.94. The SMILES string of the molecule is COc1cc2ccccc2cc1C(=O)Nc1cccc(S(=O)(=O)N2CCOCC2)c1. The first-order valence-electron chi connectivity index (χ1n) is 9.55. The van der Waals surface area contributed by atoms with Crippen molar-refractivity contribution in [3.05, 3.63) is 66.2 Å². The molecule has 0 atom stereocenters. The molecule has 1 heterocycles. The van der Waals surface area contributed by atoms with E-state index in [1.54, 1.807) is 18.2 Å². The number of carbonyl (C=O) groups is 1. The Labute approximate surface area is 175 Å². The third kappa shape index (κ3) is 4.02. The summed E-state index contributed by atoms with van der Waals surface area (Å²) in [6, 6.07) is 17.5. The Morgan fingerprint density at radius 2 is 1.70 bits per heavy atom. The van der Waals surface area contributed by atoms with Crippen molar-refractivity contribution in [3.8, 4) is 5.75 Å². The average Bonchev–Trinajstić information content (AvgIpc) is 2.79. The molecule has 1 amide bonds. The van der Waals surface area contributed by atoms with Gasteiger partial charge in [0.2, 0.25) is 10.0 Å². The minimum absolute atomic E-state index is 0.132. The third-order valence-corrected chi connectivity index (χ3v) is 6.91. The van der Waals surface area contributed by atoms with Crippen LogP contribution in [0.5, 0.6) is 5.75 Å². The van der Waals surface area contributed by atoms with Crippen LogP contribution in [0.3, 0.4) is 0 Å². The van der Waals surface area contributed by atoms with Gasteiger partial charge < -0.3 is 14.8 Å². The number of hydrogen-bond donors (Lipinski definition) is 1. The van der Waals surface area contributed by atoms with Gasteiger partial charge in [0.25, 0.3) is 5.91 Å². The molecule has 0 saturated carbocycles. The highest BCUT2D eigenvalue weighted by molar-refractivity contribution is 7.89. The van der Waals surface area contributed by atoms with Gasteiger partial charge in [0.05, 0.1) is 30.8 Å². The summed E-state index contributed by atoms with van der Waals surface area (Å²) in [4.78, 5) is 13.1. The highest BCUT2D eigenvalue weighted by atomic mass is 32.2. The molecular weight excluding hydrogens is 404 g/mol. The highest BCUT2D eigenvalue weighted by Gasteiger charge is 2.26. The van der Waals surface area contributed by atoms with Gasteiger partial charge >= 0.3 is 0 Å². The topological polar surface area (TPSA) is 84.9 Å². The van der Waals surface area contributed by atoms with Crippen LogP contribution < -0.4 is 10.1 Å². The maximum atomic E-state index is 12.9. The maximum absolute atomic E-state index is 12.9. The summed E-state index contributed by atoms with van der Waals surface area (Å²) in [5.74, 6) is 0.0711. The van der Waals surface area contributed by atoms with Crippen LogP contribution in [0.25, 0.3) is 10.8 Å². The number of carbonyl (C=O) groups excluding carboxylic acids is 1. The lowest BCUT2D eigenvalue weighted by Crippen LogP contribution is -2.40. The van der Waals surface area contributed by atoms with Crippen molar-refractivity contribution >= 4 is 32.4 Å². The molecule has 0 bridgehead atoms. The van der Waals surface area contributed by atoms with E-state index in [-0.39, 0.29) is 10.8 Å². The number of amides is 1. The van der Waals surface area contributed by atoms with Gasteiger partial charge in [-0.05, 0) is 41.1 Å². The number of methoxy groups -OCH3 is 1. The minimum atomic E-state index is -3.65. The molecule has 0 spiro atoms. The number of anilines is 1. The molecule has 156 valence electrons. The lowest BCUT2D eigenvalue weighted by atomic mass is 10.1. The van der Waals surface area contributed by atoms with E-state index < -0.39 is 10.0 Å². The second-order valence-corrected chi connectivity index (χ2v) is 8.84. The lowest BCUT2D eigenvalue weighted by Gasteiger charge is -2.26. The Morgan fingerprint density at radius 3 is 2.40 bits per heavy atom. The van der Waals surface area contributed by atoms with Gasteiger partial charge in [-0.3, -0.25) is 4.79 Å². The standard InChI is InChI=1S/C22H22N2O5S/c1-28-21-14-17-6-3-2-5-16(17)13-20(21)22(25)23-18-7-4-8-19(15-18)30(26,27)24-9-11-29-12-10-24/h2-8,13-15H,9-12H2,1H3,(H,23,25). The van der Waals surface area contributed by atoms with Crippen molar-refractivity contribution in [2.24, 2.45) is 0 Å². The van der Waals surface area contributed by atoms with Gasteiger partial charge in [0, 0.05) is 18.8 Å². The van der Waals surface area contributed by atoms with Gasteiger partial charge in [-0.15, -0.1) is 0 Å². The molecular formula is C22H22N2O5S. The van der Waals surface area contributed by atoms with Crippen molar-refractivity contribution in [1.29, 1.82) is 0 Å². The zero-order valence-corrected chi connectivity index (χ0v) is 17.3. The second-order valence-electron chi connectivity index (χ2n) is 6.90. The molecule has 1 saturated heterocycles. The fourth-order valence-electron chi connectivity index (χ4n) is 3.43. The summed E-state index contributed by atoms with van der Waals surface area (Å²) in [6.45, 7) is 1.37. The molecule has 0 unspecified atom stereocenters. The van der Waals surface area contributed by atoms with Gasteiger partial charge in [-0.25, -0.2) is 8.42 Å². The van der Waals surface area contributed by atoms with Crippen LogP contribution in [-0.4, -0.2) is 52.0 Å². The number of ether oxygens (including phenoxy) is 2. The highest BCUT2D eigenvalue weighted by Crippen LogP contribution is 2.27. The zero-order chi connectivity index (χ0) is 21.1. The Kier molecular flexibility index (Phi) is 5.72. The van der Waals surface area contributed by atoms with Gasteiger partial charge in [0.1, 0.15) is 5.75 Å². The van der Waals surface area contributed by atoms with Crippen molar-refractivity contribution < 1.29 is 22.7 Å². The molecule has 30 heavy (non-hydrogen) atoms. The Bertz CT molecular complexity index is 1190. The number of morpholine rings is 1.